The number of piperidine rings is 1. The highest BCUT2D eigenvalue weighted by Crippen LogP contribution is 2.38. The van der Waals surface area contributed by atoms with Crippen molar-refractivity contribution < 1.29 is 32.6 Å². The Morgan fingerprint density at radius 1 is 1.11 bits per heavy atom. The number of aliphatic hydroxyl groups is 1. The number of H-pyrrole nitrogens is 2. The van der Waals surface area contributed by atoms with Crippen molar-refractivity contribution in [3.05, 3.63) is 70.1 Å². The summed E-state index contributed by atoms with van der Waals surface area (Å²) in [4.78, 5) is 53.2. The number of imide groups is 1. The van der Waals surface area contributed by atoms with Crippen molar-refractivity contribution in [1.82, 2.24) is 24.8 Å². The Balaban J connectivity index is 1.16. The number of benzene rings is 2. The molecule has 2 aromatic carbocycles. The molecule has 2 aromatic heterocycles. The van der Waals surface area contributed by atoms with Gasteiger partial charge in [-0.3, -0.25) is 19.3 Å². The van der Waals surface area contributed by atoms with E-state index >= 15 is 0 Å². The molecule has 45 heavy (non-hydrogen) atoms. The van der Waals surface area contributed by atoms with Gasteiger partial charge in [-0.15, -0.1) is 0 Å². The Kier molecular flexibility index (Phi) is 8.33. The summed E-state index contributed by atoms with van der Waals surface area (Å²) in [6.07, 6.45) is 1.76. The smallest absolute Gasteiger partial charge is 0.446 e. The van der Waals surface area contributed by atoms with Crippen molar-refractivity contribution in [3.63, 3.8) is 0 Å². The average molecular weight is 643 g/mol. The Labute approximate surface area is 258 Å². The monoisotopic (exact) mass is 642 g/mol. The highest BCUT2D eigenvalue weighted by molar-refractivity contribution is 8.00. The molecule has 15 heteroatoms. The van der Waals surface area contributed by atoms with Gasteiger partial charge in [0, 0.05) is 23.7 Å². The fourth-order valence-corrected chi connectivity index (χ4v) is 6.16. The normalized spacial score (nSPS) is 16.8. The molecule has 0 saturated carbocycles. The van der Waals surface area contributed by atoms with Crippen LogP contribution in [0.5, 0.6) is 5.75 Å². The molecule has 6 rings (SSSR count). The number of carbonyl (C=O) groups excluding carboxylic acids is 2. The third-order valence-electron chi connectivity index (χ3n) is 7.78. The van der Waals surface area contributed by atoms with Crippen molar-refractivity contribution in [2.24, 2.45) is 0 Å². The average Bonchev–Trinajstić information content (AvgIpc) is 3.51. The van der Waals surface area contributed by atoms with E-state index in [9.17, 15) is 32.7 Å². The predicted octanol–water partition coefficient (Wildman–Crippen LogP) is 4.07. The highest BCUT2D eigenvalue weighted by atomic mass is 32.2. The molecule has 2 aliphatic rings. The van der Waals surface area contributed by atoms with Crippen LogP contribution in [0.2, 0.25) is 0 Å². The number of hydrogen-bond donors (Lipinski definition) is 4. The van der Waals surface area contributed by atoms with Gasteiger partial charge in [0.1, 0.15) is 29.8 Å². The zero-order valence-corrected chi connectivity index (χ0v) is 24.8. The van der Waals surface area contributed by atoms with Crippen LogP contribution in [0.3, 0.4) is 0 Å². The number of alkyl halides is 3. The third kappa shape index (κ3) is 6.55. The molecule has 4 N–H and O–H groups in total. The van der Waals surface area contributed by atoms with Gasteiger partial charge >= 0.3 is 5.51 Å². The molecule has 0 aliphatic carbocycles. The number of carbonyl (C=O) groups is 2. The number of nitrogens with zero attached hydrogens (tertiary/aromatic N) is 3. The Bertz CT molecular complexity index is 1760. The van der Waals surface area contributed by atoms with Crippen LogP contribution in [0.1, 0.15) is 33.6 Å². The lowest BCUT2D eigenvalue weighted by Gasteiger charge is -2.33. The van der Waals surface area contributed by atoms with E-state index in [2.05, 4.69) is 25.2 Å². The molecular formula is C30H29F3N6O5S. The number of pyridine rings is 1. The predicted molar refractivity (Wildman–Crippen MR) is 162 cm³/mol. The van der Waals surface area contributed by atoms with Crippen LogP contribution in [-0.2, 0) is 0 Å². The second-order valence-corrected chi connectivity index (χ2v) is 12.1. The second kappa shape index (κ2) is 12.2. The molecule has 11 nitrogen and oxygen atoms in total. The van der Waals surface area contributed by atoms with Gasteiger partial charge in [0.25, 0.3) is 17.4 Å². The topological polar surface area (TPSA) is 144 Å². The molecule has 4 heterocycles. The summed E-state index contributed by atoms with van der Waals surface area (Å²) in [7, 11) is 2.01. The van der Waals surface area contributed by atoms with E-state index in [4.69, 9.17) is 4.74 Å². The lowest BCUT2D eigenvalue weighted by molar-refractivity contribution is -0.0328. The standard InChI is InChI=1S/C30H29F3N6O5S/c1-38-9-6-16(7-10-38)39-28(42)20-12-23-24(13-21(20)29(39)43)37-26(36-23)25-22(5-8-34-27(25)41)35-14-17(40)15-44-18-3-2-4-19(11-18)45-30(31,32)33/h2-5,8,11-13,16-17,40H,6-7,9-10,14-15H2,1H3,(H,36,37)(H2,34,35,41)/t17-/m1/s1. The minimum Gasteiger partial charge on any atom is -0.491 e. The van der Waals surface area contributed by atoms with Crippen LogP contribution in [0.25, 0.3) is 22.4 Å². The number of aromatic nitrogens is 3. The fraction of sp³-hybridized carbons (Fsp3) is 0.333. The highest BCUT2D eigenvalue weighted by Gasteiger charge is 2.41. The molecular weight excluding hydrogens is 613 g/mol. The number of rotatable bonds is 9. The quantitative estimate of drug-likeness (QED) is 0.157. The van der Waals surface area contributed by atoms with Crippen LogP contribution in [-0.4, -0.2) is 92.6 Å². The first-order chi connectivity index (χ1) is 21.5. The summed E-state index contributed by atoms with van der Waals surface area (Å²) >= 11 is -0.262. The molecule has 2 amide bonds. The summed E-state index contributed by atoms with van der Waals surface area (Å²) in [6.45, 7) is 1.32. The number of amides is 2. The Morgan fingerprint density at radius 3 is 2.58 bits per heavy atom. The number of aromatic amines is 2. The molecule has 2 aliphatic heterocycles. The number of nitrogens with one attached hydrogen (secondary N) is 3. The van der Waals surface area contributed by atoms with Gasteiger partial charge in [-0.2, -0.15) is 13.2 Å². The van der Waals surface area contributed by atoms with E-state index in [1.54, 1.807) is 18.2 Å². The van der Waals surface area contributed by atoms with Crippen molar-refractivity contribution in [2.75, 3.05) is 38.6 Å². The van der Waals surface area contributed by atoms with E-state index < -0.39 is 17.2 Å². The second-order valence-electron chi connectivity index (χ2n) is 11.0. The third-order valence-corrected chi connectivity index (χ3v) is 8.50. The van der Waals surface area contributed by atoms with Gasteiger partial charge in [0.15, 0.2) is 0 Å². The molecule has 1 fully saturated rings. The first-order valence-electron chi connectivity index (χ1n) is 14.2. The Morgan fingerprint density at radius 2 is 1.84 bits per heavy atom. The SMILES string of the molecule is CN1CCC(N2C(=O)c3cc4nc(-c5c(NC[C@@H](O)COc6cccc(SC(F)(F)F)c6)cc[nH]c5=O)[nH]c4cc3C2=O)CC1. The minimum absolute atomic E-state index is 0.0415. The van der Waals surface area contributed by atoms with Crippen molar-refractivity contribution in [1.29, 1.82) is 0 Å². The zero-order chi connectivity index (χ0) is 31.9. The van der Waals surface area contributed by atoms with Gasteiger partial charge in [0.2, 0.25) is 0 Å². The van der Waals surface area contributed by atoms with Crippen molar-refractivity contribution >= 4 is 40.3 Å². The van der Waals surface area contributed by atoms with E-state index in [1.807, 2.05) is 7.05 Å². The maximum Gasteiger partial charge on any atom is 0.446 e. The van der Waals surface area contributed by atoms with Crippen LogP contribution < -0.4 is 15.6 Å². The van der Waals surface area contributed by atoms with Crippen LogP contribution in [0.15, 0.2) is 58.4 Å². The van der Waals surface area contributed by atoms with E-state index in [0.717, 1.165) is 13.1 Å². The first kappa shape index (κ1) is 30.7. The maximum atomic E-state index is 13.3. The molecule has 1 saturated heterocycles. The van der Waals surface area contributed by atoms with Gasteiger partial charge in [-0.1, -0.05) is 6.07 Å². The Hall–Kier alpha value is -4.34. The molecule has 4 aromatic rings. The molecule has 1 atom stereocenters. The number of aliphatic hydroxyl groups excluding tert-OH is 1. The van der Waals surface area contributed by atoms with Crippen LogP contribution in [0.4, 0.5) is 18.9 Å². The first-order valence-corrected chi connectivity index (χ1v) is 15.0. The van der Waals surface area contributed by atoms with Gasteiger partial charge in [-0.05, 0) is 81.1 Å². The number of imidazole rings is 1. The van der Waals surface area contributed by atoms with Gasteiger partial charge in [-0.25, -0.2) is 4.98 Å². The molecule has 0 bridgehead atoms. The number of likely N-dealkylation sites (tertiary alicyclic amines) is 1. The van der Waals surface area contributed by atoms with E-state index in [1.165, 1.54) is 35.4 Å². The number of halogens is 3. The van der Waals surface area contributed by atoms with Crippen molar-refractivity contribution in [2.45, 2.75) is 35.4 Å². The fourth-order valence-electron chi connectivity index (χ4n) is 5.57. The summed E-state index contributed by atoms with van der Waals surface area (Å²) < 4.78 is 43.5. The summed E-state index contributed by atoms with van der Waals surface area (Å²) in [5.74, 6) is -0.335. The number of anilines is 1. The molecule has 0 unspecified atom stereocenters. The molecule has 0 spiro atoms. The number of ether oxygens (including phenoxy) is 1. The summed E-state index contributed by atoms with van der Waals surface area (Å²) in [5, 5.41) is 13.5. The van der Waals surface area contributed by atoms with Gasteiger partial charge in [0.05, 0.1) is 27.8 Å². The van der Waals surface area contributed by atoms with E-state index in [-0.39, 0.29) is 75.9 Å². The zero-order valence-electron chi connectivity index (χ0n) is 24.0. The summed E-state index contributed by atoms with van der Waals surface area (Å²) in [5.41, 5.74) is -2.99. The van der Waals surface area contributed by atoms with Crippen LogP contribution >= 0.6 is 11.8 Å². The number of thioether (sulfide) groups is 1. The minimum atomic E-state index is -4.43. The largest absolute Gasteiger partial charge is 0.491 e. The summed E-state index contributed by atoms with van der Waals surface area (Å²) in [6, 6.07) is 10.0. The van der Waals surface area contributed by atoms with E-state index in [0.29, 0.717) is 29.6 Å². The number of fused-ring (bicyclic) bond motifs is 2. The van der Waals surface area contributed by atoms with Crippen LogP contribution in [0, 0.1) is 0 Å². The lowest BCUT2D eigenvalue weighted by Crippen LogP contribution is -2.46. The van der Waals surface area contributed by atoms with Gasteiger partial charge < -0.3 is 30.0 Å². The maximum absolute atomic E-state index is 13.3. The molecule has 236 valence electrons. The number of hydrogen-bond acceptors (Lipinski definition) is 9. The lowest BCUT2D eigenvalue weighted by atomic mass is 10.0. The molecule has 0 radical (unpaired) electrons. The van der Waals surface area contributed by atoms with Crippen molar-refractivity contribution in [3.8, 4) is 17.1 Å².